The molecule has 0 saturated carbocycles. The highest BCUT2D eigenvalue weighted by Gasteiger charge is 2.35. The number of carbonyl (C=O) groups is 2. The van der Waals surface area contributed by atoms with Gasteiger partial charge in [-0.05, 0) is 30.4 Å². The van der Waals surface area contributed by atoms with Crippen LogP contribution in [0.25, 0.3) is 0 Å². The molecule has 8 heteroatoms. The lowest BCUT2D eigenvalue weighted by atomic mass is 9.91. The van der Waals surface area contributed by atoms with Gasteiger partial charge in [0.05, 0.1) is 37.3 Å². The third kappa shape index (κ3) is 3.97. The monoisotopic (exact) mass is 424 g/mol. The molecule has 5 rings (SSSR count). The number of ether oxygens (including phenoxy) is 2. The van der Waals surface area contributed by atoms with Gasteiger partial charge >= 0.3 is 0 Å². The summed E-state index contributed by atoms with van der Waals surface area (Å²) in [5.41, 5.74) is 3.61. The van der Waals surface area contributed by atoms with Gasteiger partial charge in [0.1, 0.15) is 0 Å². The molecule has 1 aromatic heterocycles. The number of morpholine rings is 1. The Kier molecular flexibility index (Phi) is 5.74. The van der Waals surface area contributed by atoms with Crippen molar-refractivity contribution in [2.75, 3.05) is 46.0 Å². The van der Waals surface area contributed by atoms with Crippen LogP contribution in [-0.4, -0.2) is 77.8 Å². The molecule has 2 saturated heterocycles. The third-order valence-corrected chi connectivity index (χ3v) is 6.56. The zero-order valence-electron chi connectivity index (χ0n) is 17.6. The van der Waals surface area contributed by atoms with Crippen LogP contribution in [0, 0.1) is 0 Å². The number of rotatable bonds is 3. The summed E-state index contributed by atoms with van der Waals surface area (Å²) in [7, 11) is 0. The summed E-state index contributed by atoms with van der Waals surface area (Å²) in [5, 5.41) is 7.22. The predicted molar refractivity (Wildman–Crippen MR) is 113 cm³/mol. The average Bonchev–Trinajstić information content (AvgIpc) is 3.33. The fraction of sp³-hybridized carbons (Fsp3) is 0.522. The first-order valence-electron chi connectivity index (χ1n) is 11.1. The number of nitrogens with zero attached hydrogens (tertiary/aromatic N) is 3. The highest BCUT2D eigenvalue weighted by atomic mass is 16.5. The number of aromatic nitrogens is 2. The van der Waals surface area contributed by atoms with Gasteiger partial charge in [0.15, 0.2) is 6.10 Å². The summed E-state index contributed by atoms with van der Waals surface area (Å²) in [5.74, 6) is 0.0523. The molecule has 2 fully saturated rings. The molecule has 3 aliphatic rings. The van der Waals surface area contributed by atoms with E-state index in [0.717, 1.165) is 30.5 Å². The van der Waals surface area contributed by atoms with E-state index in [4.69, 9.17) is 9.47 Å². The average molecular weight is 425 g/mol. The second-order valence-corrected chi connectivity index (χ2v) is 8.42. The minimum absolute atomic E-state index is 0.0115. The van der Waals surface area contributed by atoms with Crippen molar-refractivity contribution >= 4 is 11.8 Å². The summed E-state index contributed by atoms with van der Waals surface area (Å²) >= 11 is 0. The molecule has 1 aromatic carbocycles. The fourth-order valence-electron chi connectivity index (χ4n) is 4.89. The molecule has 2 amide bonds. The summed E-state index contributed by atoms with van der Waals surface area (Å²) < 4.78 is 11.3. The normalized spacial score (nSPS) is 24.0. The van der Waals surface area contributed by atoms with E-state index >= 15 is 0 Å². The summed E-state index contributed by atoms with van der Waals surface area (Å²) in [6, 6.07) is 8.03. The molecule has 164 valence electrons. The van der Waals surface area contributed by atoms with Crippen LogP contribution in [-0.2, 0) is 20.7 Å². The van der Waals surface area contributed by atoms with Crippen molar-refractivity contribution in [1.29, 1.82) is 0 Å². The molecule has 2 atom stereocenters. The SMILES string of the molecule is O=C(c1cn[nH]c1C1CCCN(C(=O)C2OCCc3ccccc32)C1)N1CCOCC1. The Morgan fingerprint density at radius 3 is 2.77 bits per heavy atom. The van der Waals surface area contributed by atoms with E-state index in [9.17, 15) is 9.59 Å². The highest BCUT2D eigenvalue weighted by Crippen LogP contribution is 2.33. The Hall–Kier alpha value is -2.71. The molecule has 3 aliphatic heterocycles. The zero-order valence-corrected chi connectivity index (χ0v) is 17.6. The Balaban J connectivity index is 1.32. The van der Waals surface area contributed by atoms with E-state index in [1.54, 1.807) is 6.20 Å². The van der Waals surface area contributed by atoms with Crippen molar-refractivity contribution < 1.29 is 19.1 Å². The zero-order chi connectivity index (χ0) is 21.2. The van der Waals surface area contributed by atoms with Gasteiger partial charge in [0, 0.05) is 32.1 Å². The maximum atomic E-state index is 13.4. The Morgan fingerprint density at radius 1 is 1.06 bits per heavy atom. The molecule has 2 aromatic rings. The lowest BCUT2D eigenvalue weighted by molar-refractivity contribution is -0.146. The van der Waals surface area contributed by atoms with E-state index in [2.05, 4.69) is 16.3 Å². The number of benzene rings is 1. The number of nitrogens with one attached hydrogen (secondary N) is 1. The van der Waals surface area contributed by atoms with Crippen molar-refractivity contribution in [3.63, 3.8) is 0 Å². The standard InChI is InChI=1S/C23H28N4O4/c28-22(26-9-12-30-13-10-26)19-14-24-25-20(19)17-5-3-8-27(15-17)23(29)21-18-6-2-1-4-16(18)7-11-31-21/h1-2,4,6,14,17,21H,3,5,7-13,15H2,(H,24,25). The number of H-pyrrole nitrogens is 1. The van der Waals surface area contributed by atoms with Crippen molar-refractivity contribution in [2.45, 2.75) is 31.3 Å². The van der Waals surface area contributed by atoms with Gasteiger partial charge in [-0.2, -0.15) is 5.10 Å². The first kappa shape index (κ1) is 20.2. The maximum absolute atomic E-state index is 13.4. The predicted octanol–water partition coefficient (Wildman–Crippen LogP) is 1.90. The molecule has 1 N–H and O–H groups in total. The van der Waals surface area contributed by atoms with E-state index < -0.39 is 6.10 Å². The number of carbonyl (C=O) groups excluding carboxylic acids is 2. The van der Waals surface area contributed by atoms with Crippen LogP contribution >= 0.6 is 0 Å². The number of amides is 2. The van der Waals surface area contributed by atoms with Crippen molar-refractivity contribution in [3.8, 4) is 0 Å². The van der Waals surface area contributed by atoms with E-state index in [1.165, 1.54) is 5.56 Å². The number of likely N-dealkylation sites (tertiary alicyclic amines) is 1. The van der Waals surface area contributed by atoms with Crippen molar-refractivity contribution in [3.05, 3.63) is 52.8 Å². The molecular formula is C23H28N4O4. The first-order chi connectivity index (χ1) is 15.2. The number of fused-ring (bicyclic) bond motifs is 1. The van der Waals surface area contributed by atoms with Crippen LogP contribution < -0.4 is 0 Å². The van der Waals surface area contributed by atoms with E-state index in [0.29, 0.717) is 51.6 Å². The van der Waals surface area contributed by atoms with E-state index in [-0.39, 0.29) is 17.7 Å². The fourth-order valence-corrected chi connectivity index (χ4v) is 4.89. The van der Waals surface area contributed by atoms with E-state index in [1.807, 2.05) is 28.0 Å². The second kappa shape index (κ2) is 8.80. The summed E-state index contributed by atoms with van der Waals surface area (Å²) in [4.78, 5) is 30.1. The van der Waals surface area contributed by atoms with Crippen LogP contribution in [0.5, 0.6) is 0 Å². The van der Waals surface area contributed by atoms with Gasteiger partial charge < -0.3 is 19.3 Å². The smallest absolute Gasteiger partial charge is 0.257 e. The molecule has 4 heterocycles. The lowest BCUT2D eigenvalue weighted by Crippen LogP contribution is -2.44. The number of aromatic amines is 1. The van der Waals surface area contributed by atoms with Gasteiger partial charge in [0.2, 0.25) is 0 Å². The molecule has 0 bridgehead atoms. The van der Waals surface area contributed by atoms with Crippen molar-refractivity contribution in [1.82, 2.24) is 20.0 Å². The molecule has 0 aliphatic carbocycles. The molecule has 2 unspecified atom stereocenters. The molecule has 0 radical (unpaired) electrons. The minimum Gasteiger partial charge on any atom is -0.378 e. The van der Waals surface area contributed by atoms with Crippen molar-refractivity contribution in [2.24, 2.45) is 0 Å². The number of piperidine rings is 1. The van der Waals surface area contributed by atoms with Gasteiger partial charge in [-0.15, -0.1) is 0 Å². The topological polar surface area (TPSA) is 87.8 Å². The van der Waals surface area contributed by atoms with Crippen LogP contribution in [0.4, 0.5) is 0 Å². The summed E-state index contributed by atoms with van der Waals surface area (Å²) in [6.07, 6.45) is 3.71. The minimum atomic E-state index is -0.542. The number of hydrogen-bond acceptors (Lipinski definition) is 5. The van der Waals surface area contributed by atoms with Crippen LogP contribution in [0.15, 0.2) is 30.5 Å². The van der Waals surface area contributed by atoms with Gasteiger partial charge in [-0.1, -0.05) is 24.3 Å². The largest absolute Gasteiger partial charge is 0.378 e. The Labute approximate surface area is 181 Å². The number of hydrogen-bond donors (Lipinski definition) is 1. The quantitative estimate of drug-likeness (QED) is 0.813. The van der Waals surface area contributed by atoms with Gasteiger partial charge in [-0.25, -0.2) is 0 Å². The lowest BCUT2D eigenvalue weighted by Gasteiger charge is -2.36. The summed E-state index contributed by atoms with van der Waals surface area (Å²) in [6.45, 7) is 4.14. The third-order valence-electron chi connectivity index (χ3n) is 6.56. The van der Waals surface area contributed by atoms with Gasteiger partial charge in [-0.3, -0.25) is 14.7 Å². The van der Waals surface area contributed by atoms with Crippen LogP contribution in [0.3, 0.4) is 0 Å². The van der Waals surface area contributed by atoms with Crippen LogP contribution in [0.1, 0.15) is 52.0 Å². The first-order valence-corrected chi connectivity index (χ1v) is 11.1. The molecule has 8 nitrogen and oxygen atoms in total. The Bertz CT molecular complexity index is 953. The second-order valence-electron chi connectivity index (χ2n) is 8.42. The van der Waals surface area contributed by atoms with Crippen LogP contribution in [0.2, 0.25) is 0 Å². The Morgan fingerprint density at radius 2 is 1.90 bits per heavy atom. The highest BCUT2D eigenvalue weighted by molar-refractivity contribution is 5.95. The molecule has 31 heavy (non-hydrogen) atoms. The molecular weight excluding hydrogens is 396 g/mol. The molecule has 0 spiro atoms. The van der Waals surface area contributed by atoms with Gasteiger partial charge in [0.25, 0.3) is 11.8 Å². The maximum Gasteiger partial charge on any atom is 0.257 e.